The molecule has 3 nitrogen and oxygen atoms in total. The minimum atomic E-state index is -0.504. The molecule has 1 rings (SSSR count). The van der Waals surface area contributed by atoms with Crippen LogP contribution in [0.15, 0.2) is 18.2 Å². The van der Waals surface area contributed by atoms with Crippen LogP contribution in [-0.2, 0) is 0 Å². The summed E-state index contributed by atoms with van der Waals surface area (Å²) in [6.45, 7) is 2.64. The van der Waals surface area contributed by atoms with Crippen LogP contribution in [0.25, 0.3) is 0 Å². The maximum atomic E-state index is 13.2. The smallest absolute Gasteiger partial charge is 0.251 e. The number of nitrogens with zero attached hydrogens (tertiary/aromatic N) is 1. The highest BCUT2D eigenvalue weighted by Gasteiger charge is 2.13. The van der Waals surface area contributed by atoms with E-state index in [4.69, 9.17) is 11.6 Å². The van der Waals surface area contributed by atoms with Gasteiger partial charge in [0.2, 0.25) is 0 Å². The molecule has 0 fully saturated rings. The zero-order valence-corrected chi connectivity index (χ0v) is 12.3. The lowest BCUT2D eigenvalue weighted by Crippen LogP contribution is -2.40. The number of hydrogen-bond donors (Lipinski definition) is 1. The number of benzene rings is 1. The summed E-state index contributed by atoms with van der Waals surface area (Å²) in [4.78, 5) is 14.0. The van der Waals surface area contributed by atoms with Crippen LogP contribution in [0, 0.1) is 5.82 Å². The summed E-state index contributed by atoms with van der Waals surface area (Å²) in [5.74, 6) is -0.806. The molecule has 0 saturated heterocycles. The Bertz CT molecular complexity index is 417. The van der Waals surface area contributed by atoms with E-state index in [-0.39, 0.29) is 22.5 Å². The lowest BCUT2D eigenvalue weighted by atomic mass is 10.1. The number of rotatable bonds is 6. The molecule has 0 saturated carbocycles. The molecule has 1 amide bonds. The topological polar surface area (TPSA) is 32.3 Å². The molecule has 0 aliphatic carbocycles. The van der Waals surface area contributed by atoms with Crippen LogP contribution in [0.3, 0.4) is 0 Å². The summed E-state index contributed by atoms with van der Waals surface area (Å²) in [7, 11) is 3.96. The van der Waals surface area contributed by atoms with Crippen LogP contribution < -0.4 is 5.32 Å². The van der Waals surface area contributed by atoms with Gasteiger partial charge in [-0.05, 0) is 38.7 Å². The van der Waals surface area contributed by atoms with Crippen molar-refractivity contribution < 1.29 is 9.18 Å². The second-order valence-corrected chi connectivity index (χ2v) is 5.21. The van der Waals surface area contributed by atoms with E-state index in [0.717, 1.165) is 12.8 Å². The summed E-state index contributed by atoms with van der Waals surface area (Å²) >= 11 is 5.73. The molecular weight excluding hydrogens is 267 g/mol. The third kappa shape index (κ3) is 5.17. The van der Waals surface area contributed by atoms with Gasteiger partial charge in [-0.15, -0.1) is 0 Å². The fourth-order valence-corrected chi connectivity index (χ4v) is 2.10. The van der Waals surface area contributed by atoms with E-state index in [9.17, 15) is 9.18 Å². The second kappa shape index (κ2) is 7.46. The highest BCUT2D eigenvalue weighted by molar-refractivity contribution is 6.31. The van der Waals surface area contributed by atoms with Crippen molar-refractivity contribution in [1.82, 2.24) is 10.2 Å². The maximum Gasteiger partial charge on any atom is 0.251 e. The molecule has 1 atom stereocenters. The number of amides is 1. The fraction of sp³-hybridized carbons (Fsp3) is 0.500. The molecule has 5 heteroatoms. The number of likely N-dealkylation sites (N-methyl/N-ethyl adjacent to an activating group) is 1. The van der Waals surface area contributed by atoms with Crippen molar-refractivity contribution >= 4 is 17.5 Å². The van der Waals surface area contributed by atoms with Gasteiger partial charge >= 0.3 is 0 Å². The number of nitrogens with one attached hydrogen (secondary N) is 1. The molecule has 0 unspecified atom stereocenters. The Hall–Kier alpha value is -1.13. The van der Waals surface area contributed by atoms with Crippen LogP contribution >= 0.6 is 11.6 Å². The van der Waals surface area contributed by atoms with Crippen LogP contribution in [0.4, 0.5) is 4.39 Å². The predicted molar refractivity (Wildman–Crippen MR) is 76.1 cm³/mol. The lowest BCUT2D eigenvalue weighted by Gasteiger charge is -2.24. The van der Waals surface area contributed by atoms with Crippen molar-refractivity contribution in [3.63, 3.8) is 0 Å². The van der Waals surface area contributed by atoms with Crippen LogP contribution in [0.5, 0.6) is 0 Å². The van der Waals surface area contributed by atoms with Crippen LogP contribution in [-0.4, -0.2) is 37.5 Å². The molecule has 1 N–H and O–H groups in total. The van der Waals surface area contributed by atoms with Crippen molar-refractivity contribution in [2.24, 2.45) is 0 Å². The van der Waals surface area contributed by atoms with E-state index in [1.165, 1.54) is 18.2 Å². The minimum absolute atomic E-state index is 0.225. The Labute approximate surface area is 118 Å². The summed E-state index contributed by atoms with van der Waals surface area (Å²) in [6.07, 6.45) is 2.04. The molecule has 1 aromatic carbocycles. The maximum absolute atomic E-state index is 13.2. The van der Waals surface area contributed by atoms with Gasteiger partial charge in [-0.3, -0.25) is 4.79 Å². The van der Waals surface area contributed by atoms with Gasteiger partial charge in [0.15, 0.2) is 0 Å². The number of hydrogen-bond acceptors (Lipinski definition) is 2. The SMILES string of the molecule is CCC[C@H](CNC(=O)c1cc(F)cc(Cl)c1)N(C)C. The molecule has 0 aliphatic rings. The van der Waals surface area contributed by atoms with Gasteiger partial charge in [0, 0.05) is 23.2 Å². The Morgan fingerprint density at radius 1 is 1.42 bits per heavy atom. The highest BCUT2D eigenvalue weighted by atomic mass is 35.5. The number of carbonyl (C=O) groups excluding carboxylic acids is 1. The summed E-state index contributed by atoms with van der Waals surface area (Å²) in [5, 5.41) is 3.04. The van der Waals surface area contributed by atoms with E-state index in [1.54, 1.807) is 0 Å². The summed E-state index contributed by atoms with van der Waals surface area (Å²) in [5.41, 5.74) is 0.249. The quantitative estimate of drug-likeness (QED) is 0.872. The Morgan fingerprint density at radius 3 is 2.63 bits per heavy atom. The second-order valence-electron chi connectivity index (χ2n) is 4.77. The first kappa shape index (κ1) is 15.9. The van der Waals surface area contributed by atoms with E-state index >= 15 is 0 Å². The molecule has 1 aromatic rings. The lowest BCUT2D eigenvalue weighted by molar-refractivity contribution is 0.0940. The van der Waals surface area contributed by atoms with Crippen molar-refractivity contribution in [1.29, 1.82) is 0 Å². The van der Waals surface area contributed by atoms with Crippen LogP contribution in [0.1, 0.15) is 30.1 Å². The van der Waals surface area contributed by atoms with Crippen molar-refractivity contribution in [3.8, 4) is 0 Å². The standard InChI is InChI=1S/C14H20ClFN2O/c1-4-5-13(18(2)3)9-17-14(19)10-6-11(15)8-12(16)7-10/h6-8,13H,4-5,9H2,1-3H3,(H,17,19)/t13-/m1/s1. The molecule has 0 aliphatic heterocycles. The zero-order valence-electron chi connectivity index (χ0n) is 11.5. The summed E-state index contributed by atoms with van der Waals surface area (Å²) < 4.78 is 13.2. The average Bonchev–Trinajstić information content (AvgIpc) is 2.32. The molecule has 0 spiro atoms. The third-order valence-electron chi connectivity index (χ3n) is 2.98. The Kier molecular flexibility index (Phi) is 6.25. The van der Waals surface area contributed by atoms with Crippen LogP contribution in [0.2, 0.25) is 5.02 Å². The predicted octanol–water partition coefficient (Wildman–Crippen LogP) is 2.94. The van der Waals surface area contributed by atoms with E-state index < -0.39 is 5.82 Å². The van der Waals surface area contributed by atoms with Crippen molar-refractivity contribution in [2.45, 2.75) is 25.8 Å². The highest BCUT2D eigenvalue weighted by Crippen LogP contribution is 2.14. The Balaban J connectivity index is 2.63. The first-order valence-electron chi connectivity index (χ1n) is 6.34. The van der Waals surface area contributed by atoms with Gasteiger partial charge in [0.1, 0.15) is 5.82 Å². The van der Waals surface area contributed by atoms with Gasteiger partial charge in [0.05, 0.1) is 0 Å². The van der Waals surface area contributed by atoms with Crippen molar-refractivity contribution in [2.75, 3.05) is 20.6 Å². The molecule has 19 heavy (non-hydrogen) atoms. The molecule has 0 bridgehead atoms. The monoisotopic (exact) mass is 286 g/mol. The minimum Gasteiger partial charge on any atom is -0.350 e. The first-order chi connectivity index (χ1) is 8.93. The number of halogens is 2. The Morgan fingerprint density at radius 2 is 2.11 bits per heavy atom. The average molecular weight is 287 g/mol. The van der Waals surface area contributed by atoms with Gasteiger partial charge in [-0.1, -0.05) is 24.9 Å². The molecule has 0 heterocycles. The van der Waals surface area contributed by atoms with Gasteiger partial charge in [-0.2, -0.15) is 0 Å². The van der Waals surface area contributed by atoms with Gasteiger partial charge in [0.25, 0.3) is 5.91 Å². The fourth-order valence-electron chi connectivity index (χ4n) is 1.87. The van der Waals surface area contributed by atoms with Crippen molar-refractivity contribution in [3.05, 3.63) is 34.6 Å². The van der Waals surface area contributed by atoms with Gasteiger partial charge in [-0.25, -0.2) is 4.39 Å². The molecule has 106 valence electrons. The normalized spacial score (nSPS) is 12.5. The van der Waals surface area contributed by atoms with E-state index in [1.807, 2.05) is 14.1 Å². The molecular formula is C14H20ClFN2O. The largest absolute Gasteiger partial charge is 0.350 e. The first-order valence-corrected chi connectivity index (χ1v) is 6.72. The van der Waals surface area contributed by atoms with E-state index in [0.29, 0.717) is 6.54 Å². The third-order valence-corrected chi connectivity index (χ3v) is 3.19. The summed E-state index contributed by atoms with van der Waals surface area (Å²) in [6, 6.07) is 4.10. The molecule has 0 radical (unpaired) electrons. The number of carbonyl (C=O) groups is 1. The zero-order chi connectivity index (χ0) is 14.4. The molecule has 0 aromatic heterocycles. The van der Waals surface area contributed by atoms with Gasteiger partial charge < -0.3 is 10.2 Å². The van der Waals surface area contributed by atoms with E-state index in [2.05, 4.69) is 17.1 Å².